The highest BCUT2D eigenvalue weighted by atomic mass is 32.2. The van der Waals surface area contributed by atoms with E-state index in [1.165, 1.54) is 12.1 Å². The third kappa shape index (κ3) is 4.69. The lowest BCUT2D eigenvalue weighted by atomic mass is 10.0. The minimum Gasteiger partial charge on any atom is -0.478 e. The van der Waals surface area contributed by atoms with Crippen LogP contribution in [0.25, 0.3) is 0 Å². The first-order chi connectivity index (χ1) is 9.81. The van der Waals surface area contributed by atoms with E-state index in [0.29, 0.717) is 12.8 Å². The second kappa shape index (κ2) is 7.39. The van der Waals surface area contributed by atoms with Gasteiger partial charge in [0, 0.05) is 18.8 Å². The van der Waals surface area contributed by atoms with Crippen molar-refractivity contribution < 1.29 is 23.4 Å². The number of sulfonamides is 1. The Morgan fingerprint density at radius 2 is 2.10 bits per heavy atom. The number of hydrogen-bond donors (Lipinski definition) is 4. The summed E-state index contributed by atoms with van der Waals surface area (Å²) >= 11 is 0. The van der Waals surface area contributed by atoms with Crippen LogP contribution in [0.1, 0.15) is 30.1 Å². The molecular weight excluding hydrogens is 296 g/mol. The number of aliphatic hydroxyl groups excluding tert-OH is 1. The van der Waals surface area contributed by atoms with Crippen LogP contribution in [-0.2, 0) is 10.0 Å². The molecule has 0 saturated carbocycles. The van der Waals surface area contributed by atoms with E-state index in [-0.39, 0.29) is 35.2 Å². The zero-order chi connectivity index (χ0) is 16.0. The molecule has 1 atom stereocenters. The molecule has 8 heteroatoms. The highest BCUT2D eigenvalue weighted by Gasteiger charge is 2.23. The number of carboxylic acid groups (broad SMARTS) is 1. The van der Waals surface area contributed by atoms with Gasteiger partial charge in [0.25, 0.3) is 0 Å². The van der Waals surface area contributed by atoms with Gasteiger partial charge in [-0.1, -0.05) is 13.3 Å². The molecule has 1 rings (SSSR count). The average Bonchev–Trinajstić information content (AvgIpc) is 2.43. The van der Waals surface area contributed by atoms with Gasteiger partial charge in [-0.3, -0.25) is 0 Å². The standard InChI is InChI=1S/C13H20N2O5S/c1-2-9(5-6-16)8-15-21(19,20)12-4-3-10(14)7-11(12)13(17)18/h3-4,7,9,15-16H,2,5-6,8,14H2,1H3,(H,17,18). The number of anilines is 1. The summed E-state index contributed by atoms with van der Waals surface area (Å²) < 4.78 is 26.8. The Hall–Kier alpha value is -1.64. The molecule has 0 bridgehead atoms. The second-order valence-electron chi connectivity index (χ2n) is 4.70. The predicted molar refractivity (Wildman–Crippen MR) is 78.5 cm³/mol. The number of benzene rings is 1. The number of rotatable bonds is 8. The van der Waals surface area contributed by atoms with Crippen molar-refractivity contribution in [3.63, 3.8) is 0 Å². The molecule has 0 fully saturated rings. The fraction of sp³-hybridized carbons (Fsp3) is 0.462. The summed E-state index contributed by atoms with van der Waals surface area (Å²) in [6.45, 7) is 2.01. The van der Waals surface area contributed by atoms with Gasteiger partial charge in [-0.05, 0) is 30.5 Å². The van der Waals surface area contributed by atoms with E-state index >= 15 is 0 Å². The number of nitrogen functional groups attached to an aromatic ring is 1. The highest BCUT2D eigenvalue weighted by molar-refractivity contribution is 7.89. The number of carbonyl (C=O) groups is 1. The zero-order valence-corrected chi connectivity index (χ0v) is 12.6. The normalized spacial score (nSPS) is 13.0. The average molecular weight is 316 g/mol. The first-order valence-electron chi connectivity index (χ1n) is 6.55. The first-order valence-corrected chi connectivity index (χ1v) is 8.03. The lowest BCUT2D eigenvalue weighted by molar-refractivity contribution is 0.0692. The van der Waals surface area contributed by atoms with Gasteiger partial charge >= 0.3 is 5.97 Å². The molecule has 0 spiro atoms. The van der Waals surface area contributed by atoms with Gasteiger partial charge in [0.2, 0.25) is 10.0 Å². The lowest BCUT2D eigenvalue weighted by Gasteiger charge is -2.15. The zero-order valence-electron chi connectivity index (χ0n) is 11.7. The molecule has 0 heterocycles. The number of aliphatic hydroxyl groups is 1. The summed E-state index contributed by atoms with van der Waals surface area (Å²) in [7, 11) is -3.94. The minimum atomic E-state index is -3.94. The van der Waals surface area contributed by atoms with E-state index in [1.54, 1.807) is 0 Å². The predicted octanol–water partition coefficient (Wildman–Crippen LogP) is 0.654. The Kier molecular flexibility index (Phi) is 6.13. The molecule has 0 aliphatic heterocycles. The van der Waals surface area contributed by atoms with Gasteiger partial charge in [0.15, 0.2) is 0 Å². The molecule has 1 unspecified atom stereocenters. The van der Waals surface area contributed by atoms with Crippen molar-refractivity contribution in [1.29, 1.82) is 0 Å². The van der Waals surface area contributed by atoms with Gasteiger partial charge in [-0.15, -0.1) is 0 Å². The fourth-order valence-electron chi connectivity index (χ4n) is 1.89. The number of nitrogens with two attached hydrogens (primary N) is 1. The van der Waals surface area contributed by atoms with Crippen LogP contribution in [0, 0.1) is 5.92 Å². The number of hydrogen-bond acceptors (Lipinski definition) is 5. The fourth-order valence-corrected chi connectivity index (χ4v) is 3.18. The lowest BCUT2D eigenvalue weighted by Crippen LogP contribution is -2.30. The molecule has 0 amide bonds. The summed E-state index contributed by atoms with van der Waals surface area (Å²) in [5.74, 6) is -1.36. The van der Waals surface area contributed by atoms with Crippen molar-refractivity contribution in [3.8, 4) is 0 Å². The van der Waals surface area contributed by atoms with E-state index in [9.17, 15) is 13.2 Å². The number of aromatic carboxylic acids is 1. The van der Waals surface area contributed by atoms with Crippen LogP contribution >= 0.6 is 0 Å². The van der Waals surface area contributed by atoms with E-state index in [4.69, 9.17) is 15.9 Å². The second-order valence-corrected chi connectivity index (χ2v) is 6.43. The van der Waals surface area contributed by atoms with Gasteiger partial charge in [-0.25, -0.2) is 17.9 Å². The minimum absolute atomic E-state index is 0.00756. The highest BCUT2D eigenvalue weighted by Crippen LogP contribution is 2.19. The van der Waals surface area contributed by atoms with Gasteiger partial charge in [0.05, 0.1) is 10.5 Å². The maximum absolute atomic E-state index is 12.2. The Balaban J connectivity index is 3.00. The van der Waals surface area contributed by atoms with Crippen molar-refractivity contribution in [2.75, 3.05) is 18.9 Å². The molecule has 1 aromatic rings. The van der Waals surface area contributed by atoms with Crippen LogP contribution < -0.4 is 10.5 Å². The molecule has 7 nitrogen and oxygen atoms in total. The largest absolute Gasteiger partial charge is 0.478 e. The van der Waals surface area contributed by atoms with Crippen molar-refractivity contribution in [2.24, 2.45) is 5.92 Å². The summed E-state index contributed by atoms with van der Waals surface area (Å²) in [5, 5.41) is 18.0. The van der Waals surface area contributed by atoms with Crippen molar-refractivity contribution >= 4 is 21.7 Å². The van der Waals surface area contributed by atoms with E-state index in [1.807, 2.05) is 6.92 Å². The molecule has 21 heavy (non-hydrogen) atoms. The number of nitrogens with one attached hydrogen (secondary N) is 1. The van der Waals surface area contributed by atoms with Crippen molar-refractivity contribution in [1.82, 2.24) is 4.72 Å². The molecule has 0 saturated heterocycles. The van der Waals surface area contributed by atoms with Crippen LogP contribution in [0.3, 0.4) is 0 Å². The Labute approximate surface area is 123 Å². The topological polar surface area (TPSA) is 130 Å². The molecule has 118 valence electrons. The van der Waals surface area contributed by atoms with Crippen LogP contribution in [0.15, 0.2) is 23.1 Å². The van der Waals surface area contributed by atoms with Crippen LogP contribution in [0.4, 0.5) is 5.69 Å². The molecule has 0 radical (unpaired) electrons. The van der Waals surface area contributed by atoms with Crippen LogP contribution in [0.5, 0.6) is 0 Å². The smallest absolute Gasteiger partial charge is 0.337 e. The van der Waals surface area contributed by atoms with Crippen LogP contribution in [0.2, 0.25) is 0 Å². The maximum atomic E-state index is 12.2. The van der Waals surface area contributed by atoms with Crippen molar-refractivity contribution in [3.05, 3.63) is 23.8 Å². The Bertz CT molecular complexity index is 601. The number of carboxylic acids is 1. The SMILES string of the molecule is CCC(CCO)CNS(=O)(=O)c1ccc(N)cc1C(=O)O. The Morgan fingerprint density at radius 1 is 1.43 bits per heavy atom. The van der Waals surface area contributed by atoms with Crippen LogP contribution in [-0.4, -0.2) is 37.8 Å². The summed E-state index contributed by atoms with van der Waals surface area (Å²) in [4.78, 5) is 10.8. The molecule has 0 aliphatic rings. The van der Waals surface area contributed by atoms with E-state index in [2.05, 4.69) is 4.72 Å². The molecule has 0 aromatic heterocycles. The first kappa shape index (κ1) is 17.4. The summed E-state index contributed by atoms with van der Waals surface area (Å²) in [6, 6.07) is 3.63. The quantitative estimate of drug-likeness (QED) is 0.521. The summed E-state index contributed by atoms with van der Waals surface area (Å²) in [5.41, 5.74) is 5.30. The Morgan fingerprint density at radius 3 is 2.62 bits per heavy atom. The third-order valence-electron chi connectivity index (χ3n) is 3.20. The van der Waals surface area contributed by atoms with E-state index in [0.717, 1.165) is 6.07 Å². The van der Waals surface area contributed by atoms with Crippen molar-refractivity contribution in [2.45, 2.75) is 24.7 Å². The van der Waals surface area contributed by atoms with Gasteiger partial charge in [-0.2, -0.15) is 0 Å². The van der Waals surface area contributed by atoms with E-state index < -0.39 is 16.0 Å². The van der Waals surface area contributed by atoms with Gasteiger partial charge in [0.1, 0.15) is 0 Å². The molecule has 5 N–H and O–H groups in total. The monoisotopic (exact) mass is 316 g/mol. The maximum Gasteiger partial charge on any atom is 0.337 e. The summed E-state index contributed by atoms with van der Waals surface area (Å²) in [6.07, 6.45) is 1.18. The third-order valence-corrected chi connectivity index (χ3v) is 4.68. The molecule has 1 aromatic carbocycles. The molecular formula is C13H20N2O5S. The molecule has 0 aliphatic carbocycles. The van der Waals surface area contributed by atoms with Gasteiger partial charge < -0.3 is 15.9 Å².